The fourth-order valence-corrected chi connectivity index (χ4v) is 3.05. The van der Waals surface area contributed by atoms with Crippen molar-refractivity contribution in [2.75, 3.05) is 24.7 Å². The Morgan fingerprint density at radius 2 is 2.22 bits per heavy atom. The van der Waals surface area contributed by atoms with Crippen LogP contribution in [0.25, 0.3) is 0 Å². The first-order valence-electron chi connectivity index (χ1n) is 6.55. The number of hydrogen-bond donors (Lipinski definition) is 2. The summed E-state index contributed by atoms with van der Waals surface area (Å²) < 4.78 is 5.98. The zero-order valence-corrected chi connectivity index (χ0v) is 12.1. The van der Waals surface area contributed by atoms with Gasteiger partial charge in [0.25, 0.3) is 0 Å². The molecule has 1 aliphatic carbocycles. The van der Waals surface area contributed by atoms with Crippen LogP contribution in [-0.2, 0) is 0 Å². The molecule has 0 amide bonds. The average Bonchev–Trinajstić information content (AvgIpc) is 2.77. The molecular formula is C12H22N4OS. The molecule has 1 atom stereocenters. The van der Waals surface area contributed by atoms with E-state index < -0.39 is 0 Å². The summed E-state index contributed by atoms with van der Waals surface area (Å²) in [5.74, 6) is 0.645. The fourth-order valence-electron chi connectivity index (χ4n) is 2.14. The number of nitrogens with one attached hydrogen (secondary N) is 2. The van der Waals surface area contributed by atoms with Crippen LogP contribution in [0.3, 0.4) is 0 Å². The molecule has 18 heavy (non-hydrogen) atoms. The lowest BCUT2D eigenvalue weighted by molar-refractivity contribution is 0.373. The van der Waals surface area contributed by atoms with Gasteiger partial charge in [0.2, 0.25) is 5.89 Å². The highest BCUT2D eigenvalue weighted by Crippen LogP contribution is 2.42. The second kappa shape index (κ2) is 5.93. The van der Waals surface area contributed by atoms with Crippen LogP contribution >= 0.6 is 11.8 Å². The van der Waals surface area contributed by atoms with Crippen LogP contribution in [0.15, 0.2) is 4.42 Å². The standard InChI is InChI=1S/C12H22N4OS/c1-4-13-9(2)10-15-16-11(17-10)14-8-12(18-3)6-5-7-12/h9,13H,4-8H2,1-3H3,(H,14,16). The highest BCUT2D eigenvalue weighted by Gasteiger charge is 2.36. The highest BCUT2D eigenvalue weighted by molar-refractivity contribution is 8.00. The molecule has 0 aliphatic heterocycles. The Balaban J connectivity index is 1.86. The summed E-state index contributed by atoms with van der Waals surface area (Å²) in [5.41, 5.74) is 0. The van der Waals surface area contributed by atoms with Crippen LogP contribution in [0, 0.1) is 0 Å². The summed E-state index contributed by atoms with van der Waals surface area (Å²) in [6.45, 7) is 5.88. The molecular weight excluding hydrogens is 248 g/mol. The number of thioether (sulfide) groups is 1. The van der Waals surface area contributed by atoms with E-state index in [-0.39, 0.29) is 6.04 Å². The smallest absolute Gasteiger partial charge is 0.315 e. The molecule has 1 saturated carbocycles. The van der Waals surface area contributed by atoms with E-state index in [0.717, 1.165) is 13.1 Å². The van der Waals surface area contributed by atoms with Crippen molar-refractivity contribution in [3.63, 3.8) is 0 Å². The Kier molecular flexibility index (Phi) is 4.50. The second-order valence-corrected chi connectivity index (χ2v) is 6.09. The minimum Gasteiger partial charge on any atom is -0.406 e. The van der Waals surface area contributed by atoms with Crippen molar-refractivity contribution in [1.29, 1.82) is 0 Å². The summed E-state index contributed by atoms with van der Waals surface area (Å²) >= 11 is 1.93. The van der Waals surface area contributed by atoms with Gasteiger partial charge in [0.15, 0.2) is 0 Å². The first kappa shape index (κ1) is 13.7. The van der Waals surface area contributed by atoms with Gasteiger partial charge in [-0.2, -0.15) is 11.8 Å². The Morgan fingerprint density at radius 1 is 1.44 bits per heavy atom. The maximum atomic E-state index is 5.60. The lowest BCUT2D eigenvalue weighted by Gasteiger charge is -2.40. The van der Waals surface area contributed by atoms with Crippen molar-refractivity contribution in [2.24, 2.45) is 0 Å². The van der Waals surface area contributed by atoms with Gasteiger partial charge < -0.3 is 15.1 Å². The summed E-state index contributed by atoms with van der Waals surface area (Å²) in [7, 11) is 0. The van der Waals surface area contributed by atoms with Crippen molar-refractivity contribution in [3.05, 3.63) is 5.89 Å². The number of rotatable bonds is 7. The molecule has 1 unspecified atom stereocenters. The number of anilines is 1. The Morgan fingerprint density at radius 3 is 2.78 bits per heavy atom. The van der Waals surface area contributed by atoms with Crippen LogP contribution in [-0.4, -0.2) is 34.3 Å². The van der Waals surface area contributed by atoms with E-state index in [2.05, 4.69) is 34.0 Å². The molecule has 2 rings (SSSR count). The van der Waals surface area contributed by atoms with E-state index >= 15 is 0 Å². The average molecular weight is 270 g/mol. The van der Waals surface area contributed by atoms with Crippen molar-refractivity contribution >= 4 is 17.8 Å². The predicted octanol–water partition coefficient (Wildman–Crippen LogP) is 2.44. The van der Waals surface area contributed by atoms with Crippen LogP contribution in [0.5, 0.6) is 0 Å². The molecule has 0 aromatic carbocycles. The molecule has 0 bridgehead atoms. The Hall–Kier alpha value is -0.750. The van der Waals surface area contributed by atoms with Crippen molar-refractivity contribution in [1.82, 2.24) is 15.5 Å². The zero-order chi connectivity index (χ0) is 13.0. The summed E-state index contributed by atoms with van der Waals surface area (Å²) in [6.07, 6.45) is 6.05. The molecule has 102 valence electrons. The fraction of sp³-hybridized carbons (Fsp3) is 0.833. The van der Waals surface area contributed by atoms with E-state index in [0.29, 0.717) is 16.7 Å². The maximum Gasteiger partial charge on any atom is 0.315 e. The van der Waals surface area contributed by atoms with Crippen LogP contribution in [0.1, 0.15) is 45.0 Å². The monoisotopic (exact) mass is 270 g/mol. The van der Waals surface area contributed by atoms with Gasteiger partial charge in [-0.1, -0.05) is 18.4 Å². The lowest BCUT2D eigenvalue weighted by Crippen LogP contribution is -2.40. The molecule has 0 saturated heterocycles. The van der Waals surface area contributed by atoms with Gasteiger partial charge in [0.1, 0.15) is 0 Å². The predicted molar refractivity (Wildman–Crippen MR) is 75.0 cm³/mol. The number of nitrogens with zero attached hydrogens (tertiary/aromatic N) is 2. The number of hydrogen-bond acceptors (Lipinski definition) is 6. The summed E-state index contributed by atoms with van der Waals surface area (Å²) in [4.78, 5) is 0. The Labute approximate surface area is 112 Å². The van der Waals surface area contributed by atoms with Crippen molar-refractivity contribution in [2.45, 2.75) is 43.9 Å². The molecule has 6 heteroatoms. The highest BCUT2D eigenvalue weighted by atomic mass is 32.2. The first-order valence-corrected chi connectivity index (χ1v) is 7.77. The first-order chi connectivity index (χ1) is 8.69. The largest absolute Gasteiger partial charge is 0.406 e. The lowest BCUT2D eigenvalue weighted by atomic mass is 9.84. The van der Waals surface area contributed by atoms with Crippen LogP contribution in [0.4, 0.5) is 6.01 Å². The number of aromatic nitrogens is 2. The van der Waals surface area contributed by atoms with Gasteiger partial charge in [-0.15, -0.1) is 5.10 Å². The molecule has 1 aromatic heterocycles. The minimum absolute atomic E-state index is 0.108. The van der Waals surface area contributed by atoms with Crippen LogP contribution < -0.4 is 10.6 Å². The van der Waals surface area contributed by atoms with E-state index in [1.54, 1.807) is 0 Å². The SMILES string of the molecule is CCNC(C)c1nnc(NCC2(SC)CCC2)o1. The van der Waals surface area contributed by atoms with E-state index in [1.807, 2.05) is 18.7 Å². The zero-order valence-electron chi connectivity index (χ0n) is 11.3. The third-order valence-electron chi connectivity index (χ3n) is 3.58. The minimum atomic E-state index is 0.108. The summed E-state index contributed by atoms with van der Waals surface area (Å²) in [6, 6.07) is 0.645. The van der Waals surface area contributed by atoms with Crippen LogP contribution in [0.2, 0.25) is 0 Å². The normalized spacial score (nSPS) is 19.3. The van der Waals surface area contributed by atoms with E-state index in [9.17, 15) is 0 Å². The van der Waals surface area contributed by atoms with Gasteiger partial charge in [0, 0.05) is 11.3 Å². The molecule has 0 spiro atoms. The molecule has 1 aromatic rings. The Bertz CT molecular complexity index is 372. The maximum absolute atomic E-state index is 5.60. The van der Waals surface area contributed by atoms with Gasteiger partial charge in [-0.05, 0) is 32.6 Å². The van der Waals surface area contributed by atoms with Crippen molar-refractivity contribution in [3.8, 4) is 0 Å². The molecule has 0 radical (unpaired) electrons. The van der Waals surface area contributed by atoms with Crippen molar-refractivity contribution < 1.29 is 4.42 Å². The van der Waals surface area contributed by atoms with E-state index in [4.69, 9.17) is 4.42 Å². The quantitative estimate of drug-likeness (QED) is 0.793. The van der Waals surface area contributed by atoms with Gasteiger partial charge in [-0.25, -0.2) is 0 Å². The van der Waals surface area contributed by atoms with Gasteiger partial charge in [-0.3, -0.25) is 0 Å². The summed E-state index contributed by atoms with van der Waals surface area (Å²) in [5, 5.41) is 14.6. The molecule has 1 heterocycles. The second-order valence-electron chi connectivity index (χ2n) is 4.82. The van der Waals surface area contributed by atoms with E-state index in [1.165, 1.54) is 19.3 Å². The van der Waals surface area contributed by atoms with Gasteiger partial charge in [0.05, 0.1) is 6.04 Å². The molecule has 1 fully saturated rings. The molecule has 1 aliphatic rings. The molecule has 2 N–H and O–H groups in total. The van der Waals surface area contributed by atoms with Gasteiger partial charge >= 0.3 is 6.01 Å². The third-order valence-corrected chi connectivity index (χ3v) is 5.00. The third kappa shape index (κ3) is 2.98. The topological polar surface area (TPSA) is 63.0 Å². The molecule has 5 nitrogen and oxygen atoms in total.